The van der Waals surface area contributed by atoms with E-state index >= 15 is 0 Å². The summed E-state index contributed by atoms with van der Waals surface area (Å²) in [5.74, 6) is 5.32. The van der Waals surface area contributed by atoms with Gasteiger partial charge < -0.3 is 38.1 Å². The molecule has 0 bridgehead atoms. The summed E-state index contributed by atoms with van der Waals surface area (Å²) >= 11 is 0. The third kappa shape index (κ3) is 11.6. The number of phosphoric ester groups is 1. The Bertz CT molecular complexity index is 1730. The number of hydrogen-bond acceptors (Lipinski definition) is 16. The highest BCUT2D eigenvalue weighted by molar-refractivity contribution is 7.47. The number of carbonyl (C=O) groups excluding carboxylic acids is 3. The van der Waals surface area contributed by atoms with E-state index in [-0.39, 0.29) is 17.8 Å². The zero-order valence-corrected chi connectivity index (χ0v) is 28.8. The Morgan fingerprint density at radius 2 is 1.58 bits per heavy atom. The molecule has 2 aromatic heterocycles. The normalized spacial score (nSPS) is 20.0. The minimum absolute atomic E-state index is 0.196. The molecule has 20 heteroatoms. The molecule has 1 saturated heterocycles. The van der Waals surface area contributed by atoms with E-state index in [9.17, 15) is 23.8 Å². The maximum absolute atomic E-state index is 13.2. The number of hydrogen-bond donors (Lipinski definition) is 2. The molecule has 2 aromatic rings. The SMILES string of the molecule is C#CCOC(=O)Nc1nc(OC(=O)OCC#C)c2ncn([C@@H]3O[C@H](COC(C)(C)C)C(OP(=O)(O)OC(C)(C)C)[C@@H]3OC(=O)OCC#C)c2n1. The number of imidazole rings is 1. The van der Waals surface area contributed by atoms with E-state index in [4.69, 9.17) is 61.5 Å². The second-order valence-corrected chi connectivity index (χ2v) is 13.3. The van der Waals surface area contributed by atoms with Gasteiger partial charge in [0.15, 0.2) is 43.3 Å². The van der Waals surface area contributed by atoms with Gasteiger partial charge in [0.2, 0.25) is 5.95 Å². The Morgan fingerprint density at radius 3 is 2.18 bits per heavy atom. The smallest absolute Gasteiger partial charge is 0.436 e. The molecule has 0 saturated carbocycles. The van der Waals surface area contributed by atoms with Gasteiger partial charge in [-0.1, -0.05) is 17.8 Å². The van der Waals surface area contributed by atoms with Crippen molar-refractivity contribution in [1.82, 2.24) is 19.5 Å². The third-order valence-electron chi connectivity index (χ3n) is 5.73. The maximum Gasteiger partial charge on any atom is 0.516 e. The molecule has 0 aliphatic carbocycles. The standard InChI is InChI=1S/C30H36N5O14P/c1-10-13-41-26(36)34-25-32-22-19(23(33-25)47-28(38)43-15-12-3)31-17-35(22)24-21(46-27(37)42-14-11-2)20(18(45-24)16-44-29(4,5)6)48-50(39,40)49-30(7,8)9/h1-3,17-18,20-21,24H,13-16H2,4-9H3,(H,39,40)(H,32,33,34,36)/t18-,20?,21+,24-/m1/s1. The van der Waals surface area contributed by atoms with Crippen LogP contribution in [-0.2, 0) is 42.0 Å². The molecule has 1 aliphatic heterocycles. The quantitative estimate of drug-likeness (QED) is 0.139. The molecule has 0 spiro atoms. The van der Waals surface area contributed by atoms with Crippen LogP contribution in [0.3, 0.4) is 0 Å². The van der Waals surface area contributed by atoms with Crippen LogP contribution in [0.2, 0.25) is 0 Å². The van der Waals surface area contributed by atoms with Gasteiger partial charge in [0, 0.05) is 0 Å². The highest BCUT2D eigenvalue weighted by Gasteiger charge is 2.53. The number of nitrogens with one attached hydrogen (secondary N) is 1. The van der Waals surface area contributed by atoms with Crippen molar-refractivity contribution in [1.29, 1.82) is 0 Å². The number of nitrogens with zero attached hydrogens (tertiary/aromatic N) is 4. The predicted octanol–water partition coefficient (Wildman–Crippen LogP) is 3.32. The zero-order chi connectivity index (χ0) is 37.3. The van der Waals surface area contributed by atoms with Crippen LogP contribution in [0, 0.1) is 37.0 Å². The van der Waals surface area contributed by atoms with E-state index in [1.807, 2.05) is 0 Å². The minimum Gasteiger partial charge on any atom is -0.436 e. The predicted molar refractivity (Wildman–Crippen MR) is 170 cm³/mol. The van der Waals surface area contributed by atoms with E-state index in [2.05, 4.69) is 38.0 Å². The molecule has 50 heavy (non-hydrogen) atoms. The summed E-state index contributed by atoms with van der Waals surface area (Å²) in [6.07, 6.45) is 7.07. The van der Waals surface area contributed by atoms with Crippen molar-refractivity contribution in [3.63, 3.8) is 0 Å². The molecular weight excluding hydrogens is 685 g/mol. The second-order valence-electron chi connectivity index (χ2n) is 12.0. The number of aromatic nitrogens is 4. The van der Waals surface area contributed by atoms with E-state index in [1.54, 1.807) is 20.8 Å². The summed E-state index contributed by atoms with van der Waals surface area (Å²) in [5, 5.41) is 2.23. The van der Waals surface area contributed by atoms with Gasteiger partial charge in [0.25, 0.3) is 5.88 Å². The lowest BCUT2D eigenvalue weighted by atomic mass is 10.1. The van der Waals surface area contributed by atoms with Crippen LogP contribution in [0.15, 0.2) is 6.33 Å². The fourth-order valence-corrected chi connectivity index (χ4v) is 5.36. The number of fused-ring (bicyclic) bond motifs is 1. The van der Waals surface area contributed by atoms with Crippen LogP contribution in [0.25, 0.3) is 11.2 Å². The largest absolute Gasteiger partial charge is 0.516 e. The fourth-order valence-electron chi connectivity index (χ4n) is 4.07. The van der Waals surface area contributed by atoms with Crippen molar-refractivity contribution in [3.05, 3.63) is 6.33 Å². The highest BCUT2D eigenvalue weighted by atomic mass is 31.2. The lowest BCUT2D eigenvalue weighted by Crippen LogP contribution is -2.40. The van der Waals surface area contributed by atoms with Crippen molar-refractivity contribution in [2.45, 2.75) is 77.3 Å². The Labute approximate surface area is 287 Å². The van der Waals surface area contributed by atoms with Crippen LogP contribution < -0.4 is 10.1 Å². The van der Waals surface area contributed by atoms with Crippen LogP contribution >= 0.6 is 7.82 Å². The molecule has 5 atom stereocenters. The van der Waals surface area contributed by atoms with Gasteiger partial charge in [-0.2, -0.15) is 9.97 Å². The van der Waals surface area contributed by atoms with Gasteiger partial charge in [0.1, 0.15) is 12.2 Å². The molecule has 0 aromatic carbocycles. The zero-order valence-electron chi connectivity index (χ0n) is 27.9. The molecule has 270 valence electrons. The minimum atomic E-state index is -4.90. The highest BCUT2D eigenvalue weighted by Crippen LogP contribution is 2.52. The Hall–Kier alpha value is -4.93. The van der Waals surface area contributed by atoms with Gasteiger partial charge in [0.05, 0.1) is 24.1 Å². The maximum atomic E-state index is 13.2. The summed E-state index contributed by atoms with van der Waals surface area (Å²) in [7, 11) is -4.90. The van der Waals surface area contributed by atoms with E-state index in [1.165, 1.54) is 25.3 Å². The summed E-state index contributed by atoms with van der Waals surface area (Å²) in [5.41, 5.74) is -2.28. The third-order valence-corrected chi connectivity index (χ3v) is 7.02. The first-order chi connectivity index (χ1) is 23.4. The van der Waals surface area contributed by atoms with Crippen molar-refractivity contribution in [2.24, 2.45) is 0 Å². The van der Waals surface area contributed by atoms with Crippen molar-refractivity contribution >= 4 is 43.3 Å². The molecule has 1 aliphatic rings. The average Bonchev–Trinajstić information content (AvgIpc) is 3.56. The van der Waals surface area contributed by atoms with Crippen molar-refractivity contribution < 1.29 is 66.0 Å². The summed E-state index contributed by atoms with van der Waals surface area (Å²) in [6.45, 7) is 8.23. The Morgan fingerprint density at radius 1 is 0.960 bits per heavy atom. The monoisotopic (exact) mass is 721 g/mol. The Balaban J connectivity index is 2.19. The van der Waals surface area contributed by atoms with E-state index < -0.39 is 93.6 Å². The van der Waals surface area contributed by atoms with Gasteiger partial charge in [-0.05, 0) is 41.5 Å². The topological polar surface area (TPSA) is 227 Å². The van der Waals surface area contributed by atoms with Gasteiger partial charge in [-0.15, -0.1) is 19.3 Å². The van der Waals surface area contributed by atoms with Crippen molar-refractivity contribution in [2.75, 3.05) is 31.7 Å². The number of phosphoric acid groups is 1. The first-order valence-electron chi connectivity index (χ1n) is 14.5. The number of rotatable bonds is 12. The summed E-state index contributed by atoms with van der Waals surface area (Å²) in [6, 6.07) is 0. The number of terminal acetylenes is 3. The van der Waals surface area contributed by atoms with Gasteiger partial charge in [-0.25, -0.2) is 23.9 Å². The summed E-state index contributed by atoms with van der Waals surface area (Å²) < 4.78 is 62.6. The number of amides is 1. The fraction of sp³-hybridized carbons (Fsp3) is 0.533. The van der Waals surface area contributed by atoms with Crippen LogP contribution in [-0.4, -0.2) is 98.8 Å². The molecule has 19 nitrogen and oxygen atoms in total. The molecule has 3 heterocycles. The van der Waals surface area contributed by atoms with E-state index in [0.717, 1.165) is 6.33 Å². The molecule has 2 unspecified atom stereocenters. The van der Waals surface area contributed by atoms with Gasteiger partial charge in [-0.3, -0.25) is 18.9 Å². The average molecular weight is 722 g/mol. The number of ether oxygens (including phenoxy) is 7. The Kier molecular flexibility index (Phi) is 13.2. The lowest BCUT2D eigenvalue weighted by molar-refractivity contribution is -0.0999. The molecule has 3 rings (SSSR count). The second kappa shape index (κ2) is 16.7. The summed E-state index contributed by atoms with van der Waals surface area (Å²) in [4.78, 5) is 60.6. The number of anilines is 1. The molecule has 1 fully saturated rings. The molecule has 0 radical (unpaired) electrons. The molecule has 2 N–H and O–H groups in total. The first kappa shape index (κ1) is 39.5. The lowest BCUT2D eigenvalue weighted by Gasteiger charge is -2.29. The first-order valence-corrected chi connectivity index (χ1v) is 16.0. The van der Waals surface area contributed by atoms with Gasteiger partial charge >= 0.3 is 26.2 Å². The molecular formula is C30H36N5O14P. The van der Waals surface area contributed by atoms with Crippen LogP contribution in [0.4, 0.5) is 20.3 Å². The van der Waals surface area contributed by atoms with Crippen molar-refractivity contribution in [3.8, 4) is 42.9 Å². The molecule has 1 amide bonds. The van der Waals surface area contributed by atoms with Crippen LogP contribution in [0.5, 0.6) is 5.88 Å². The van der Waals surface area contributed by atoms with Crippen LogP contribution in [0.1, 0.15) is 47.8 Å². The van der Waals surface area contributed by atoms with E-state index in [0.29, 0.717) is 0 Å². The number of carbonyl (C=O) groups is 3.